The van der Waals surface area contributed by atoms with Crippen LogP contribution in [-0.4, -0.2) is 41.9 Å². The molecule has 3 heterocycles. The van der Waals surface area contributed by atoms with Gasteiger partial charge >= 0.3 is 0 Å². The van der Waals surface area contributed by atoms with Crippen molar-refractivity contribution in [1.82, 2.24) is 29.4 Å². The molecule has 0 unspecified atom stereocenters. The maximum Gasteiger partial charge on any atom is 0.245 e. The Morgan fingerprint density at radius 2 is 2.09 bits per heavy atom. The summed E-state index contributed by atoms with van der Waals surface area (Å²) in [4.78, 5) is 14.4. The molecular weight excluding hydrogens is 280 g/mol. The standard InChI is InChI=1S/C15H22N6O/c1-5-7-19-9-13-16-17-14(21(13)11(4)15(19)22)12-8-20(6-2)18-10(12)3/h8,11H,5-7,9H2,1-4H3/t11-/m1/s1. The molecule has 22 heavy (non-hydrogen) atoms. The minimum atomic E-state index is -0.273. The molecule has 7 nitrogen and oxygen atoms in total. The highest BCUT2D eigenvalue weighted by Gasteiger charge is 2.33. The zero-order valence-electron chi connectivity index (χ0n) is 13.6. The Bertz CT molecular complexity index is 701. The summed E-state index contributed by atoms with van der Waals surface area (Å²) in [7, 11) is 0. The lowest BCUT2D eigenvalue weighted by Gasteiger charge is -2.31. The van der Waals surface area contributed by atoms with Crippen LogP contribution >= 0.6 is 0 Å². The van der Waals surface area contributed by atoms with Crippen LogP contribution in [0.1, 0.15) is 44.8 Å². The largest absolute Gasteiger partial charge is 0.333 e. The molecular formula is C15H22N6O. The molecule has 2 aromatic heterocycles. The van der Waals surface area contributed by atoms with E-state index in [0.29, 0.717) is 6.54 Å². The lowest BCUT2D eigenvalue weighted by Crippen LogP contribution is -2.42. The summed E-state index contributed by atoms with van der Waals surface area (Å²) < 4.78 is 3.84. The lowest BCUT2D eigenvalue weighted by atomic mass is 10.1. The number of aromatic nitrogens is 5. The Labute approximate surface area is 129 Å². The molecule has 0 fully saturated rings. The first kappa shape index (κ1) is 14.7. The van der Waals surface area contributed by atoms with E-state index in [0.717, 1.165) is 42.4 Å². The van der Waals surface area contributed by atoms with Crippen LogP contribution in [0.15, 0.2) is 6.20 Å². The first-order valence-electron chi connectivity index (χ1n) is 7.83. The highest BCUT2D eigenvalue weighted by atomic mass is 16.2. The molecule has 0 aromatic carbocycles. The molecule has 1 aliphatic rings. The second-order valence-electron chi connectivity index (χ2n) is 5.73. The van der Waals surface area contributed by atoms with Gasteiger partial charge in [0.2, 0.25) is 5.91 Å². The van der Waals surface area contributed by atoms with Crippen molar-refractivity contribution in [2.24, 2.45) is 0 Å². The number of aryl methyl sites for hydroxylation is 2. The maximum absolute atomic E-state index is 12.5. The Balaban J connectivity index is 2.04. The molecule has 0 saturated heterocycles. The first-order chi connectivity index (χ1) is 10.6. The van der Waals surface area contributed by atoms with Gasteiger partial charge in [-0.05, 0) is 27.2 Å². The van der Waals surface area contributed by atoms with Gasteiger partial charge in [-0.15, -0.1) is 10.2 Å². The van der Waals surface area contributed by atoms with Gasteiger partial charge in [-0.1, -0.05) is 6.92 Å². The molecule has 3 rings (SSSR count). The van der Waals surface area contributed by atoms with Gasteiger partial charge in [0.25, 0.3) is 0 Å². The first-order valence-corrected chi connectivity index (χ1v) is 7.83. The fourth-order valence-corrected chi connectivity index (χ4v) is 3.00. The summed E-state index contributed by atoms with van der Waals surface area (Å²) in [6.07, 6.45) is 2.92. The molecule has 0 saturated carbocycles. The van der Waals surface area contributed by atoms with E-state index < -0.39 is 0 Å². The van der Waals surface area contributed by atoms with E-state index in [1.807, 2.05) is 41.1 Å². The number of amides is 1. The lowest BCUT2D eigenvalue weighted by molar-refractivity contribution is -0.136. The average Bonchev–Trinajstić information content (AvgIpc) is 3.07. The summed E-state index contributed by atoms with van der Waals surface area (Å²) >= 11 is 0. The van der Waals surface area contributed by atoms with E-state index in [1.54, 1.807) is 0 Å². The van der Waals surface area contributed by atoms with Crippen LogP contribution in [-0.2, 0) is 17.9 Å². The highest BCUT2D eigenvalue weighted by Crippen LogP contribution is 2.29. The van der Waals surface area contributed by atoms with Gasteiger partial charge in [-0.25, -0.2) is 0 Å². The molecule has 0 N–H and O–H groups in total. The maximum atomic E-state index is 12.5. The monoisotopic (exact) mass is 302 g/mol. The van der Waals surface area contributed by atoms with E-state index >= 15 is 0 Å². The zero-order chi connectivity index (χ0) is 15.9. The average molecular weight is 302 g/mol. The van der Waals surface area contributed by atoms with Crippen LogP contribution in [0.2, 0.25) is 0 Å². The summed E-state index contributed by atoms with van der Waals surface area (Å²) in [6.45, 7) is 10.1. The van der Waals surface area contributed by atoms with E-state index in [2.05, 4.69) is 22.2 Å². The Kier molecular flexibility index (Phi) is 3.72. The molecule has 1 aliphatic heterocycles. The molecule has 0 spiro atoms. The summed E-state index contributed by atoms with van der Waals surface area (Å²) in [5, 5.41) is 13.1. The summed E-state index contributed by atoms with van der Waals surface area (Å²) in [5.74, 6) is 1.72. The second-order valence-corrected chi connectivity index (χ2v) is 5.73. The number of rotatable bonds is 4. The second kappa shape index (κ2) is 5.55. The van der Waals surface area contributed by atoms with Crippen LogP contribution in [0, 0.1) is 6.92 Å². The third kappa shape index (κ3) is 2.20. The fourth-order valence-electron chi connectivity index (χ4n) is 3.00. The van der Waals surface area contributed by atoms with Crippen molar-refractivity contribution in [1.29, 1.82) is 0 Å². The smallest absolute Gasteiger partial charge is 0.245 e. The van der Waals surface area contributed by atoms with E-state index in [9.17, 15) is 4.79 Å². The minimum Gasteiger partial charge on any atom is -0.333 e. The van der Waals surface area contributed by atoms with E-state index in [1.165, 1.54) is 0 Å². The number of fused-ring (bicyclic) bond motifs is 1. The summed E-state index contributed by atoms with van der Waals surface area (Å²) in [6, 6.07) is -0.273. The highest BCUT2D eigenvalue weighted by molar-refractivity contribution is 5.82. The molecule has 118 valence electrons. The van der Waals surface area contributed by atoms with Crippen LogP contribution in [0.3, 0.4) is 0 Å². The number of hydrogen-bond acceptors (Lipinski definition) is 4. The van der Waals surface area contributed by atoms with Gasteiger partial charge in [0.05, 0.1) is 17.8 Å². The number of carbonyl (C=O) groups excluding carboxylic acids is 1. The molecule has 0 radical (unpaired) electrons. The van der Waals surface area contributed by atoms with Gasteiger partial charge in [0, 0.05) is 19.3 Å². The topological polar surface area (TPSA) is 68.8 Å². The van der Waals surface area contributed by atoms with Crippen LogP contribution in [0.25, 0.3) is 11.4 Å². The predicted octanol–water partition coefficient (Wildman–Crippen LogP) is 1.78. The van der Waals surface area contributed by atoms with Crippen LogP contribution in [0.4, 0.5) is 0 Å². The summed E-state index contributed by atoms with van der Waals surface area (Å²) in [5.41, 5.74) is 1.86. The molecule has 7 heteroatoms. The Morgan fingerprint density at radius 3 is 2.73 bits per heavy atom. The van der Waals surface area contributed by atoms with E-state index in [4.69, 9.17) is 0 Å². The van der Waals surface area contributed by atoms with Crippen molar-refractivity contribution in [2.75, 3.05) is 6.54 Å². The molecule has 0 bridgehead atoms. The van der Waals surface area contributed by atoms with Gasteiger partial charge < -0.3 is 4.90 Å². The van der Waals surface area contributed by atoms with Crippen LogP contribution < -0.4 is 0 Å². The van der Waals surface area contributed by atoms with Gasteiger partial charge in [-0.2, -0.15) is 5.10 Å². The van der Waals surface area contributed by atoms with Crippen molar-refractivity contribution in [3.63, 3.8) is 0 Å². The van der Waals surface area contributed by atoms with Gasteiger partial charge in [-0.3, -0.25) is 14.0 Å². The minimum absolute atomic E-state index is 0.135. The Morgan fingerprint density at radius 1 is 1.32 bits per heavy atom. The Hall–Kier alpha value is -2.18. The third-order valence-electron chi connectivity index (χ3n) is 4.16. The SMILES string of the molecule is CCCN1Cc2nnc(-c3cn(CC)nc3C)n2[C@H](C)C1=O. The van der Waals surface area contributed by atoms with Crippen molar-refractivity contribution >= 4 is 5.91 Å². The fraction of sp³-hybridized carbons (Fsp3) is 0.600. The number of nitrogens with zero attached hydrogens (tertiary/aromatic N) is 6. The number of hydrogen-bond donors (Lipinski definition) is 0. The van der Waals surface area contributed by atoms with Gasteiger partial charge in [0.15, 0.2) is 11.6 Å². The molecule has 1 amide bonds. The van der Waals surface area contributed by atoms with Crippen molar-refractivity contribution < 1.29 is 4.79 Å². The molecule has 1 atom stereocenters. The van der Waals surface area contributed by atoms with Crippen molar-refractivity contribution in [3.05, 3.63) is 17.7 Å². The van der Waals surface area contributed by atoms with E-state index in [-0.39, 0.29) is 11.9 Å². The third-order valence-corrected chi connectivity index (χ3v) is 4.16. The number of carbonyl (C=O) groups is 1. The predicted molar refractivity (Wildman–Crippen MR) is 82.1 cm³/mol. The normalized spacial score (nSPS) is 17.9. The van der Waals surface area contributed by atoms with Crippen LogP contribution in [0.5, 0.6) is 0 Å². The zero-order valence-corrected chi connectivity index (χ0v) is 13.6. The molecule has 2 aromatic rings. The van der Waals surface area contributed by atoms with Crippen molar-refractivity contribution in [2.45, 2.75) is 53.2 Å². The quantitative estimate of drug-likeness (QED) is 0.863. The molecule has 0 aliphatic carbocycles. The van der Waals surface area contributed by atoms with Gasteiger partial charge in [0.1, 0.15) is 6.04 Å². The van der Waals surface area contributed by atoms with Crippen molar-refractivity contribution in [3.8, 4) is 11.4 Å².